The van der Waals surface area contributed by atoms with Crippen molar-refractivity contribution in [2.45, 2.75) is 4.90 Å². The maximum atomic E-state index is 12.8. The first-order valence-electron chi connectivity index (χ1n) is 8.19. The zero-order valence-electron chi connectivity index (χ0n) is 14.9. The van der Waals surface area contributed by atoms with Crippen molar-refractivity contribution in [1.82, 2.24) is 19.7 Å². The lowest BCUT2D eigenvalue weighted by Gasteiger charge is -2.23. The Morgan fingerprint density at radius 1 is 1.15 bits per heavy atom. The highest BCUT2D eigenvalue weighted by Gasteiger charge is 2.22. The average molecular weight is 384 g/mol. The van der Waals surface area contributed by atoms with Crippen LogP contribution < -0.4 is 9.62 Å². The van der Waals surface area contributed by atoms with Crippen LogP contribution in [0.2, 0.25) is 0 Å². The van der Waals surface area contributed by atoms with Gasteiger partial charge in [-0.25, -0.2) is 18.4 Å². The molecule has 0 fully saturated rings. The Morgan fingerprint density at radius 3 is 2.33 bits per heavy atom. The van der Waals surface area contributed by atoms with E-state index in [2.05, 4.69) is 32.9 Å². The van der Waals surface area contributed by atoms with Crippen LogP contribution in [0.3, 0.4) is 0 Å². The van der Waals surface area contributed by atoms with Crippen LogP contribution in [0.15, 0.2) is 66.9 Å². The van der Waals surface area contributed by atoms with Gasteiger partial charge in [-0.2, -0.15) is 5.10 Å². The Kier molecular flexibility index (Phi) is 5.22. The van der Waals surface area contributed by atoms with E-state index in [1.165, 1.54) is 17.1 Å². The Morgan fingerprint density at radius 2 is 1.78 bits per heavy atom. The number of hydrogen-bond acceptors (Lipinski definition) is 6. The van der Waals surface area contributed by atoms with Crippen molar-refractivity contribution in [2.24, 2.45) is 7.05 Å². The summed E-state index contributed by atoms with van der Waals surface area (Å²) in [6.07, 6.45) is 6.11. The van der Waals surface area contributed by atoms with Gasteiger partial charge in [0, 0.05) is 26.3 Å². The number of aromatic nitrogens is 4. The molecule has 0 bridgehead atoms. The molecule has 2 aromatic heterocycles. The maximum absolute atomic E-state index is 12.8. The summed E-state index contributed by atoms with van der Waals surface area (Å²) in [7, 11) is -2.21. The number of rotatable bonds is 8. The number of nitrogens with one attached hydrogen (secondary N) is 1. The number of benzene rings is 1. The molecule has 0 saturated heterocycles. The normalized spacial score (nSPS) is 11.3. The molecule has 0 aliphatic heterocycles. The summed E-state index contributed by atoms with van der Waals surface area (Å²) in [5.41, 5.74) is 1.25. The maximum Gasteiger partial charge on any atom is 0.266 e. The first kappa shape index (κ1) is 18.6. The first-order chi connectivity index (χ1) is 12.9. The molecule has 0 unspecified atom stereocenters. The molecule has 0 atom stereocenters. The van der Waals surface area contributed by atoms with E-state index in [0.717, 1.165) is 0 Å². The molecule has 2 heterocycles. The molecule has 8 nitrogen and oxygen atoms in total. The van der Waals surface area contributed by atoms with Gasteiger partial charge in [0.1, 0.15) is 4.90 Å². The second kappa shape index (κ2) is 7.58. The minimum Gasteiger partial charge on any atom is -0.346 e. The van der Waals surface area contributed by atoms with Crippen LogP contribution in [0.25, 0.3) is 11.0 Å². The Hall–Kier alpha value is -3.20. The summed E-state index contributed by atoms with van der Waals surface area (Å²) in [6.45, 7) is 8.42. The molecule has 1 N–H and O–H groups in total. The molecular weight excluding hydrogens is 364 g/mol. The Balaban J connectivity index is 2.12. The largest absolute Gasteiger partial charge is 0.346 e. The standard InChI is InChI=1S/C18H20N6O2S/c1-4-10-24(11-5-2)18-17(20-15-8-6-7-9-16(15)21-18)22-27(25,26)14-12-19-23(3)13-14/h4-9,12-13H,1-2,10-11H2,3H3,(H,20,22). The van der Waals surface area contributed by atoms with Gasteiger partial charge < -0.3 is 4.90 Å². The number of aryl methyl sites for hydroxylation is 1. The number of anilines is 2. The average Bonchev–Trinajstić information content (AvgIpc) is 3.08. The second-order valence-corrected chi connectivity index (χ2v) is 7.50. The molecule has 140 valence electrons. The van der Waals surface area contributed by atoms with Crippen molar-refractivity contribution in [3.63, 3.8) is 0 Å². The molecule has 0 spiro atoms. The molecule has 0 saturated carbocycles. The third-order valence-corrected chi connectivity index (χ3v) is 5.07. The van der Waals surface area contributed by atoms with Crippen molar-refractivity contribution in [3.05, 3.63) is 62.0 Å². The van der Waals surface area contributed by atoms with Gasteiger partial charge >= 0.3 is 0 Å². The fourth-order valence-corrected chi connectivity index (χ4v) is 3.55. The van der Waals surface area contributed by atoms with E-state index in [9.17, 15) is 8.42 Å². The summed E-state index contributed by atoms with van der Waals surface area (Å²) in [6, 6.07) is 7.28. The van der Waals surface area contributed by atoms with E-state index < -0.39 is 10.0 Å². The number of sulfonamides is 1. The second-order valence-electron chi connectivity index (χ2n) is 5.82. The van der Waals surface area contributed by atoms with Gasteiger partial charge in [-0.3, -0.25) is 9.40 Å². The van der Waals surface area contributed by atoms with E-state index >= 15 is 0 Å². The lowest BCUT2D eigenvalue weighted by molar-refractivity contribution is 0.601. The minimum absolute atomic E-state index is 0.0462. The third-order valence-electron chi connectivity index (χ3n) is 3.77. The number of hydrogen-bond donors (Lipinski definition) is 1. The molecule has 1 aromatic carbocycles. The number of para-hydroxylation sites is 2. The van der Waals surface area contributed by atoms with E-state index in [0.29, 0.717) is 29.9 Å². The fourth-order valence-electron chi connectivity index (χ4n) is 2.56. The number of fused-ring (bicyclic) bond motifs is 1. The van der Waals surface area contributed by atoms with Crippen molar-refractivity contribution >= 4 is 32.7 Å². The molecule has 0 radical (unpaired) electrons. The van der Waals surface area contributed by atoms with Gasteiger partial charge in [0.25, 0.3) is 10.0 Å². The van der Waals surface area contributed by atoms with E-state index in [1.807, 2.05) is 23.1 Å². The number of nitrogens with zero attached hydrogens (tertiary/aromatic N) is 5. The SMILES string of the molecule is C=CCN(CC=C)c1nc2ccccc2nc1NS(=O)(=O)c1cnn(C)c1. The predicted octanol–water partition coefficient (Wildman–Crippen LogP) is 2.34. The zero-order valence-corrected chi connectivity index (χ0v) is 15.7. The summed E-state index contributed by atoms with van der Waals surface area (Å²) < 4.78 is 29.5. The lowest BCUT2D eigenvalue weighted by Crippen LogP contribution is -2.27. The topological polar surface area (TPSA) is 93.0 Å². The Bertz CT molecular complexity index is 1080. The van der Waals surface area contributed by atoms with E-state index in [-0.39, 0.29) is 10.7 Å². The molecule has 0 amide bonds. The summed E-state index contributed by atoms with van der Waals surface area (Å²) >= 11 is 0. The van der Waals surface area contributed by atoms with Gasteiger partial charge in [0.2, 0.25) is 0 Å². The van der Waals surface area contributed by atoms with Crippen molar-refractivity contribution < 1.29 is 8.42 Å². The molecule has 0 aliphatic rings. The van der Waals surface area contributed by atoms with Crippen LogP contribution in [0, 0.1) is 0 Å². The molecular formula is C18H20N6O2S. The van der Waals surface area contributed by atoms with Crippen LogP contribution in [0.1, 0.15) is 0 Å². The van der Waals surface area contributed by atoms with Crippen LogP contribution in [0.5, 0.6) is 0 Å². The summed E-state index contributed by atoms with van der Waals surface area (Å²) in [5, 5.41) is 3.92. The highest BCUT2D eigenvalue weighted by Crippen LogP contribution is 2.27. The van der Waals surface area contributed by atoms with Crippen molar-refractivity contribution in [1.29, 1.82) is 0 Å². The van der Waals surface area contributed by atoms with Crippen LogP contribution in [0.4, 0.5) is 11.6 Å². The highest BCUT2D eigenvalue weighted by molar-refractivity contribution is 7.92. The quantitative estimate of drug-likeness (QED) is 0.599. The molecule has 0 aliphatic carbocycles. The van der Waals surface area contributed by atoms with Gasteiger partial charge in [0.15, 0.2) is 11.6 Å². The van der Waals surface area contributed by atoms with Gasteiger partial charge in [-0.1, -0.05) is 24.3 Å². The van der Waals surface area contributed by atoms with E-state index in [4.69, 9.17) is 0 Å². The highest BCUT2D eigenvalue weighted by atomic mass is 32.2. The monoisotopic (exact) mass is 384 g/mol. The molecule has 3 rings (SSSR count). The van der Waals surface area contributed by atoms with E-state index in [1.54, 1.807) is 25.3 Å². The van der Waals surface area contributed by atoms with Crippen molar-refractivity contribution in [2.75, 3.05) is 22.7 Å². The van der Waals surface area contributed by atoms with Crippen LogP contribution in [-0.2, 0) is 17.1 Å². The Labute approximate surface area is 157 Å². The molecule has 3 aromatic rings. The molecule has 9 heteroatoms. The predicted molar refractivity (Wildman–Crippen MR) is 106 cm³/mol. The summed E-state index contributed by atoms with van der Waals surface area (Å²) in [4.78, 5) is 11.0. The van der Waals surface area contributed by atoms with Gasteiger partial charge in [0.05, 0.1) is 17.2 Å². The first-order valence-corrected chi connectivity index (χ1v) is 9.68. The van der Waals surface area contributed by atoms with Crippen LogP contribution >= 0.6 is 0 Å². The fraction of sp³-hybridized carbons (Fsp3) is 0.167. The van der Waals surface area contributed by atoms with Crippen molar-refractivity contribution in [3.8, 4) is 0 Å². The van der Waals surface area contributed by atoms with Gasteiger partial charge in [-0.15, -0.1) is 13.2 Å². The van der Waals surface area contributed by atoms with Gasteiger partial charge in [-0.05, 0) is 12.1 Å². The molecule has 27 heavy (non-hydrogen) atoms. The third kappa shape index (κ3) is 3.98. The lowest BCUT2D eigenvalue weighted by atomic mass is 10.3. The summed E-state index contributed by atoms with van der Waals surface area (Å²) in [5.74, 6) is 0.544. The zero-order chi connectivity index (χ0) is 19.4. The minimum atomic E-state index is -3.86. The smallest absolute Gasteiger partial charge is 0.266 e. The van der Waals surface area contributed by atoms with Crippen LogP contribution in [-0.4, -0.2) is 41.3 Å².